The van der Waals surface area contributed by atoms with Gasteiger partial charge >= 0.3 is 7.12 Å². The molecule has 2 aromatic rings. The molecule has 28 heavy (non-hydrogen) atoms. The van der Waals surface area contributed by atoms with Crippen LogP contribution in [0.25, 0.3) is 0 Å². The number of carbonyl (C=O) groups excluding carboxylic acids is 1. The highest BCUT2D eigenvalue weighted by atomic mass is 19.1. The molecule has 0 atom stereocenters. The van der Waals surface area contributed by atoms with E-state index < -0.39 is 35.8 Å². The number of amides is 1. The molecule has 0 saturated heterocycles. The topological polar surface area (TPSA) is 72.8 Å². The van der Waals surface area contributed by atoms with E-state index in [4.69, 9.17) is 10.0 Å². The van der Waals surface area contributed by atoms with Crippen molar-refractivity contribution in [2.24, 2.45) is 0 Å². The van der Waals surface area contributed by atoms with Crippen LogP contribution in [0.4, 0.5) is 8.78 Å². The molecular weight excluding hydrogens is 365 g/mol. The monoisotopic (exact) mass is 390 g/mol. The molecule has 150 valence electrons. The van der Waals surface area contributed by atoms with Gasteiger partial charge in [-0.1, -0.05) is 29.3 Å². The number of hydrogen-bond donors (Lipinski definition) is 3. The molecule has 8 heteroatoms. The van der Waals surface area contributed by atoms with Crippen LogP contribution in [0.3, 0.4) is 0 Å². The summed E-state index contributed by atoms with van der Waals surface area (Å²) >= 11 is 0. The lowest BCUT2D eigenvalue weighted by atomic mass is 9.79. The van der Waals surface area contributed by atoms with E-state index in [-0.39, 0.29) is 5.46 Å². The Labute approximate surface area is 164 Å². The molecule has 0 saturated carbocycles. The second kappa shape index (κ2) is 8.38. The normalized spacial score (nSPS) is 11.6. The van der Waals surface area contributed by atoms with Crippen molar-refractivity contribution in [1.29, 1.82) is 0 Å². The molecule has 0 aliphatic heterocycles. The highest BCUT2D eigenvalue weighted by Crippen LogP contribution is 2.19. The van der Waals surface area contributed by atoms with Crippen molar-refractivity contribution >= 4 is 18.5 Å². The zero-order valence-corrected chi connectivity index (χ0v) is 16.7. The maximum Gasteiger partial charge on any atom is 0.488 e. The van der Waals surface area contributed by atoms with Gasteiger partial charge in [-0.2, -0.15) is 0 Å². The van der Waals surface area contributed by atoms with Crippen LogP contribution < -0.4 is 10.9 Å². The van der Waals surface area contributed by atoms with Gasteiger partial charge in [-0.25, -0.2) is 13.8 Å². The zero-order chi connectivity index (χ0) is 21.2. The van der Waals surface area contributed by atoms with Crippen LogP contribution in [0.5, 0.6) is 0 Å². The van der Waals surface area contributed by atoms with Gasteiger partial charge in [0, 0.05) is 12.1 Å². The molecular formula is C20H25BF2N2O3. The van der Waals surface area contributed by atoms with E-state index in [1.54, 1.807) is 5.01 Å². The summed E-state index contributed by atoms with van der Waals surface area (Å²) in [5.74, 6) is -3.28. The van der Waals surface area contributed by atoms with Crippen molar-refractivity contribution in [3.63, 3.8) is 0 Å². The van der Waals surface area contributed by atoms with Gasteiger partial charge in [0.25, 0.3) is 5.91 Å². The van der Waals surface area contributed by atoms with Crippen LogP contribution in [0.1, 0.15) is 47.8 Å². The van der Waals surface area contributed by atoms with Crippen molar-refractivity contribution in [1.82, 2.24) is 10.4 Å². The predicted molar refractivity (Wildman–Crippen MR) is 105 cm³/mol. The first-order chi connectivity index (χ1) is 12.9. The van der Waals surface area contributed by atoms with E-state index in [1.165, 1.54) is 0 Å². The molecule has 2 rings (SSSR count). The largest absolute Gasteiger partial charge is 0.488 e. The number of aryl methyl sites for hydroxylation is 2. The quantitative estimate of drug-likeness (QED) is 0.541. The first kappa shape index (κ1) is 22.0. The fraction of sp³-hybridized carbons (Fsp3) is 0.350. The number of carbonyl (C=O) groups is 1. The third kappa shape index (κ3) is 5.37. The molecule has 1 amide bonds. The number of rotatable bonds is 5. The van der Waals surface area contributed by atoms with Gasteiger partial charge in [0.2, 0.25) is 0 Å². The number of hydrogen-bond acceptors (Lipinski definition) is 4. The molecule has 0 radical (unpaired) electrons. The van der Waals surface area contributed by atoms with Crippen LogP contribution in [0, 0.1) is 25.5 Å². The van der Waals surface area contributed by atoms with Crippen LogP contribution in [-0.2, 0) is 6.54 Å². The predicted octanol–water partition coefficient (Wildman–Crippen LogP) is 2.21. The van der Waals surface area contributed by atoms with Gasteiger partial charge in [-0.05, 0) is 57.8 Å². The summed E-state index contributed by atoms with van der Waals surface area (Å²) in [6.45, 7) is 9.89. The Morgan fingerprint density at radius 2 is 1.54 bits per heavy atom. The van der Waals surface area contributed by atoms with Crippen LogP contribution in [0.15, 0.2) is 30.3 Å². The Morgan fingerprint density at radius 1 is 1.04 bits per heavy atom. The second-order valence-electron chi connectivity index (χ2n) is 7.93. The SMILES string of the molecule is Cc1cc(C)cc(CN(NC(=O)c2c(F)cc(B(O)O)cc2F)C(C)(C)C)c1. The number of nitrogens with one attached hydrogen (secondary N) is 1. The minimum Gasteiger partial charge on any atom is -0.423 e. The molecule has 3 N–H and O–H groups in total. The first-order valence-corrected chi connectivity index (χ1v) is 8.89. The van der Waals surface area contributed by atoms with Crippen molar-refractivity contribution in [3.05, 3.63) is 64.2 Å². The van der Waals surface area contributed by atoms with E-state index >= 15 is 0 Å². The van der Waals surface area contributed by atoms with Gasteiger partial charge in [-0.15, -0.1) is 0 Å². The molecule has 2 aromatic carbocycles. The Balaban J connectivity index is 2.31. The van der Waals surface area contributed by atoms with E-state index in [2.05, 4.69) is 5.43 Å². The van der Waals surface area contributed by atoms with E-state index in [0.717, 1.165) is 28.8 Å². The van der Waals surface area contributed by atoms with Crippen molar-refractivity contribution in [2.45, 2.75) is 46.7 Å². The highest BCUT2D eigenvalue weighted by Gasteiger charge is 2.28. The van der Waals surface area contributed by atoms with Crippen molar-refractivity contribution in [3.8, 4) is 0 Å². The Hall–Kier alpha value is -2.29. The average Bonchev–Trinajstić information content (AvgIpc) is 2.51. The van der Waals surface area contributed by atoms with Gasteiger partial charge in [-0.3, -0.25) is 10.2 Å². The molecule has 5 nitrogen and oxygen atoms in total. The van der Waals surface area contributed by atoms with Gasteiger partial charge in [0.15, 0.2) is 0 Å². The fourth-order valence-electron chi connectivity index (χ4n) is 2.92. The van der Waals surface area contributed by atoms with E-state index in [9.17, 15) is 13.6 Å². The number of benzene rings is 2. The van der Waals surface area contributed by atoms with E-state index in [0.29, 0.717) is 6.54 Å². The Morgan fingerprint density at radius 3 is 1.96 bits per heavy atom. The summed E-state index contributed by atoms with van der Waals surface area (Å²) in [6.07, 6.45) is 0. The number of hydrazine groups is 1. The zero-order valence-electron chi connectivity index (χ0n) is 16.7. The van der Waals surface area contributed by atoms with Gasteiger partial charge < -0.3 is 10.0 Å². The van der Waals surface area contributed by atoms with Gasteiger partial charge in [0.05, 0.1) is 0 Å². The second-order valence-corrected chi connectivity index (χ2v) is 7.93. The molecule has 0 aromatic heterocycles. The third-order valence-electron chi connectivity index (χ3n) is 4.26. The molecule has 0 unspecified atom stereocenters. The summed E-state index contributed by atoms with van der Waals surface area (Å²) in [7, 11) is -2.03. The third-order valence-corrected chi connectivity index (χ3v) is 4.26. The Kier molecular flexibility index (Phi) is 6.59. The lowest BCUT2D eigenvalue weighted by molar-refractivity contribution is 0.0455. The lowest BCUT2D eigenvalue weighted by Gasteiger charge is -2.36. The van der Waals surface area contributed by atoms with E-state index in [1.807, 2.05) is 52.8 Å². The summed E-state index contributed by atoms with van der Waals surface area (Å²) in [6, 6.07) is 7.46. The lowest BCUT2D eigenvalue weighted by Crippen LogP contribution is -2.52. The standard InChI is InChI=1S/C20H25BF2N2O3/c1-12-6-13(2)8-14(7-12)11-25(20(3,4)5)24-19(26)18-16(22)9-15(21(27)28)10-17(18)23/h6-10,27-28H,11H2,1-5H3,(H,24,26). The van der Waals surface area contributed by atoms with Crippen molar-refractivity contribution < 1.29 is 23.6 Å². The Bertz CT molecular complexity index is 839. The molecule has 0 heterocycles. The maximum atomic E-state index is 14.3. The molecule has 0 fully saturated rings. The molecule has 0 spiro atoms. The summed E-state index contributed by atoms with van der Waals surface area (Å²) in [5.41, 5.74) is 4.01. The number of halogens is 2. The summed E-state index contributed by atoms with van der Waals surface area (Å²) in [4.78, 5) is 12.6. The average molecular weight is 390 g/mol. The first-order valence-electron chi connectivity index (χ1n) is 8.89. The summed E-state index contributed by atoms with van der Waals surface area (Å²) < 4.78 is 28.5. The summed E-state index contributed by atoms with van der Waals surface area (Å²) in [5, 5.41) is 19.8. The number of nitrogens with zero attached hydrogens (tertiary/aromatic N) is 1. The van der Waals surface area contributed by atoms with Crippen LogP contribution >= 0.6 is 0 Å². The molecule has 0 aliphatic carbocycles. The van der Waals surface area contributed by atoms with Crippen LogP contribution in [0.2, 0.25) is 0 Å². The molecule has 0 bridgehead atoms. The minimum atomic E-state index is -2.03. The van der Waals surface area contributed by atoms with Crippen LogP contribution in [-0.4, -0.2) is 33.6 Å². The fourth-order valence-corrected chi connectivity index (χ4v) is 2.92. The maximum absolute atomic E-state index is 14.3. The minimum absolute atomic E-state index is 0.342. The molecule has 0 aliphatic rings. The highest BCUT2D eigenvalue weighted by molar-refractivity contribution is 6.58. The van der Waals surface area contributed by atoms with Gasteiger partial charge in [0.1, 0.15) is 17.2 Å². The smallest absolute Gasteiger partial charge is 0.423 e. The van der Waals surface area contributed by atoms with Crippen molar-refractivity contribution in [2.75, 3.05) is 0 Å².